The van der Waals surface area contributed by atoms with Crippen molar-refractivity contribution in [1.82, 2.24) is 4.90 Å². The lowest BCUT2D eigenvalue weighted by Crippen LogP contribution is -2.11. The van der Waals surface area contributed by atoms with E-state index in [0.29, 0.717) is 0 Å². The van der Waals surface area contributed by atoms with Gasteiger partial charge < -0.3 is 4.90 Å². The number of benzene rings is 3. The summed E-state index contributed by atoms with van der Waals surface area (Å²) in [5, 5.41) is 0. The first-order chi connectivity index (χ1) is 12.5. The lowest BCUT2D eigenvalue weighted by Gasteiger charge is -2.13. The Balaban J connectivity index is 1.94. The highest BCUT2D eigenvalue weighted by atomic mass is 79.9. The number of hydrogen-bond donors (Lipinski definition) is 0. The Kier molecular flexibility index (Phi) is 6.47. The molecule has 3 rings (SSSR count). The molecule has 0 saturated carbocycles. The number of rotatable bonds is 5. The van der Waals surface area contributed by atoms with Crippen LogP contribution in [-0.4, -0.2) is 25.5 Å². The minimum Gasteiger partial charge on any atom is -0.306 e. The van der Waals surface area contributed by atoms with Crippen LogP contribution in [0.3, 0.4) is 0 Å². The van der Waals surface area contributed by atoms with Crippen molar-refractivity contribution in [1.29, 1.82) is 0 Å². The van der Waals surface area contributed by atoms with Crippen molar-refractivity contribution in [2.24, 2.45) is 0 Å². The van der Waals surface area contributed by atoms with Crippen molar-refractivity contribution in [3.05, 3.63) is 98.9 Å². The van der Waals surface area contributed by atoms with E-state index in [1.54, 1.807) is 0 Å². The molecule has 0 aliphatic heterocycles. The molecule has 0 N–H and O–H groups in total. The molecule has 0 atom stereocenters. The van der Waals surface area contributed by atoms with E-state index in [2.05, 4.69) is 130 Å². The summed E-state index contributed by atoms with van der Waals surface area (Å²) in [6, 6.07) is 25.7. The summed E-state index contributed by atoms with van der Waals surface area (Å²) in [7, 11) is 4.18. The zero-order valence-electron chi connectivity index (χ0n) is 14.9. The number of halogens is 2. The zero-order valence-corrected chi connectivity index (χ0v) is 18.1. The molecular formula is C23H21Br2N. The molecule has 0 amide bonds. The molecule has 0 radical (unpaired) electrons. The molecule has 132 valence electrons. The smallest absolute Gasteiger partial charge is 0.0175 e. The third-order valence-electron chi connectivity index (χ3n) is 4.19. The highest BCUT2D eigenvalue weighted by Crippen LogP contribution is 2.28. The summed E-state index contributed by atoms with van der Waals surface area (Å²) in [6.45, 7) is 0.903. The van der Waals surface area contributed by atoms with Crippen LogP contribution in [0.5, 0.6) is 0 Å². The van der Waals surface area contributed by atoms with Crippen molar-refractivity contribution >= 4 is 37.4 Å². The van der Waals surface area contributed by atoms with Gasteiger partial charge >= 0.3 is 0 Å². The second-order valence-electron chi connectivity index (χ2n) is 6.47. The summed E-state index contributed by atoms with van der Waals surface area (Å²) in [6.07, 6.45) is 2.29. The zero-order chi connectivity index (χ0) is 18.5. The quantitative estimate of drug-likeness (QED) is 0.393. The second-order valence-corrected chi connectivity index (χ2v) is 8.30. The van der Waals surface area contributed by atoms with Crippen molar-refractivity contribution < 1.29 is 0 Å². The van der Waals surface area contributed by atoms with E-state index in [9.17, 15) is 0 Å². The summed E-state index contributed by atoms with van der Waals surface area (Å²) in [4.78, 5) is 2.18. The van der Waals surface area contributed by atoms with Gasteiger partial charge in [-0.15, -0.1) is 0 Å². The summed E-state index contributed by atoms with van der Waals surface area (Å²) < 4.78 is 2.20. The highest BCUT2D eigenvalue weighted by Gasteiger charge is 2.06. The molecule has 3 aromatic rings. The summed E-state index contributed by atoms with van der Waals surface area (Å²) >= 11 is 7.02. The van der Waals surface area contributed by atoms with Gasteiger partial charge in [0.15, 0.2) is 0 Å². The number of likely N-dealkylation sites (N-methyl/N-ethyl adjacent to an activating group) is 1. The Bertz CT molecular complexity index is 877. The third kappa shape index (κ3) is 4.94. The van der Waals surface area contributed by atoms with Gasteiger partial charge in [0, 0.05) is 15.5 Å². The Morgan fingerprint density at radius 1 is 0.692 bits per heavy atom. The topological polar surface area (TPSA) is 3.24 Å². The van der Waals surface area contributed by atoms with E-state index in [4.69, 9.17) is 0 Å². The van der Waals surface area contributed by atoms with Crippen LogP contribution >= 0.6 is 31.9 Å². The predicted octanol–water partition coefficient (Wildman–Crippen LogP) is 6.87. The van der Waals surface area contributed by atoms with Gasteiger partial charge in [-0.2, -0.15) is 0 Å². The molecule has 0 saturated heterocycles. The molecule has 1 nitrogen and oxygen atoms in total. The summed E-state index contributed by atoms with van der Waals surface area (Å²) in [5.74, 6) is 0. The van der Waals surface area contributed by atoms with Crippen LogP contribution in [0, 0.1) is 0 Å². The van der Waals surface area contributed by atoms with Crippen LogP contribution in [0.4, 0.5) is 0 Å². The lowest BCUT2D eigenvalue weighted by atomic mass is 9.95. The van der Waals surface area contributed by atoms with Crippen LogP contribution < -0.4 is 0 Å². The maximum atomic E-state index is 3.52. The van der Waals surface area contributed by atoms with Gasteiger partial charge in [0.1, 0.15) is 0 Å². The predicted molar refractivity (Wildman–Crippen MR) is 119 cm³/mol. The number of nitrogens with zero attached hydrogens (tertiary/aromatic N) is 1. The monoisotopic (exact) mass is 469 g/mol. The third-order valence-corrected chi connectivity index (χ3v) is 5.25. The first-order valence-electron chi connectivity index (χ1n) is 8.50. The molecule has 0 heterocycles. The van der Waals surface area contributed by atoms with Crippen molar-refractivity contribution in [3.8, 4) is 11.1 Å². The molecule has 0 aliphatic rings. The van der Waals surface area contributed by atoms with Crippen LogP contribution in [0.25, 0.3) is 16.7 Å². The van der Waals surface area contributed by atoms with Crippen molar-refractivity contribution in [2.75, 3.05) is 20.6 Å². The van der Waals surface area contributed by atoms with Crippen LogP contribution in [0.1, 0.15) is 11.1 Å². The number of hydrogen-bond acceptors (Lipinski definition) is 1. The maximum Gasteiger partial charge on any atom is 0.0175 e. The van der Waals surface area contributed by atoms with Gasteiger partial charge in [0.05, 0.1) is 0 Å². The van der Waals surface area contributed by atoms with Crippen LogP contribution in [0.15, 0.2) is 87.8 Å². The molecule has 0 fully saturated rings. The average molecular weight is 471 g/mol. The van der Waals surface area contributed by atoms with E-state index in [1.165, 1.54) is 27.8 Å². The standard InChI is InChI=1S/C23H21Br2N/c1-26(2)16-15-23(20-9-13-22(25)14-10-20)19-5-3-17(4-6-19)18-7-11-21(24)12-8-18/h3-15H,16H2,1-2H3/b23-15+. The molecule has 26 heavy (non-hydrogen) atoms. The first kappa shape index (κ1) is 19.1. The Morgan fingerprint density at radius 3 is 1.54 bits per heavy atom. The van der Waals surface area contributed by atoms with Gasteiger partial charge in [-0.25, -0.2) is 0 Å². The molecule has 0 spiro atoms. The Hall–Kier alpha value is -1.68. The molecule has 3 aromatic carbocycles. The normalized spacial score (nSPS) is 11.8. The van der Waals surface area contributed by atoms with E-state index >= 15 is 0 Å². The molecule has 0 unspecified atom stereocenters. The molecule has 0 aliphatic carbocycles. The first-order valence-corrected chi connectivity index (χ1v) is 10.1. The van der Waals surface area contributed by atoms with E-state index in [0.717, 1.165) is 15.5 Å². The van der Waals surface area contributed by atoms with Crippen molar-refractivity contribution in [2.45, 2.75) is 0 Å². The minimum absolute atomic E-state index is 0.903. The Labute approximate surface area is 172 Å². The van der Waals surface area contributed by atoms with E-state index in [1.807, 2.05) is 0 Å². The molecule has 3 heteroatoms. The van der Waals surface area contributed by atoms with Gasteiger partial charge in [-0.05, 0) is 66.2 Å². The summed E-state index contributed by atoms with van der Waals surface area (Å²) in [5.41, 5.74) is 6.17. The lowest BCUT2D eigenvalue weighted by molar-refractivity contribution is 0.457. The van der Waals surface area contributed by atoms with Gasteiger partial charge in [0.25, 0.3) is 0 Å². The minimum atomic E-state index is 0.903. The van der Waals surface area contributed by atoms with E-state index in [-0.39, 0.29) is 0 Å². The maximum absolute atomic E-state index is 3.52. The van der Waals surface area contributed by atoms with Crippen LogP contribution in [-0.2, 0) is 0 Å². The average Bonchev–Trinajstić information content (AvgIpc) is 2.64. The fourth-order valence-corrected chi connectivity index (χ4v) is 3.32. The van der Waals surface area contributed by atoms with Gasteiger partial charge in [0.2, 0.25) is 0 Å². The fraction of sp³-hybridized carbons (Fsp3) is 0.130. The Morgan fingerprint density at radius 2 is 1.08 bits per heavy atom. The molecular weight excluding hydrogens is 450 g/mol. The highest BCUT2D eigenvalue weighted by molar-refractivity contribution is 9.10. The van der Waals surface area contributed by atoms with Gasteiger partial charge in [-0.1, -0.05) is 86.5 Å². The molecule has 0 bridgehead atoms. The largest absolute Gasteiger partial charge is 0.306 e. The van der Waals surface area contributed by atoms with E-state index < -0.39 is 0 Å². The van der Waals surface area contributed by atoms with Crippen molar-refractivity contribution in [3.63, 3.8) is 0 Å². The van der Waals surface area contributed by atoms with Crippen LogP contribution in [0.2, 0.25) is 0 Å². The SMILES string of the molecule is CN(C)C/C=C(/c1ccc(Br)cc1)c1ccc(-c2ccc(Br)cc2)cc1. The second kappa shape index (κ2) is 8.81. The van der Waals surface area contributed by atoms with Gasteiger partial charge in [-0.3, -0.25) is 0 Å². The molecule has 0 aromatic heterocycles. The fourth-order valence-electron chi connectivity index (χ4n) is 2.79.